The lowest BCUT2D eigenvalue weighted by Gasteiger charge is -2.35. The van der Waals surface area contributed by atoms with Crippen molar-refractivity contribution in [1.29, 1.82) is 0 Å². The molecule has 0 aromatic heterocycles. The Morgan fingerprint density at radius 1 is 1.25 bits per heavy atom. The van der Waals surface area contributed by atoms with Crippen molar-refractivity contribution in [3.63, 3.8) is 0 Å². The van der Waals surface area contributed by atoms with Gasteiger partial charge in [0.2, 0.25) is 5.91 Å². The molecular formula is C15H20FN3O. The standard InChI is InChI=1S/C15H20FN3O/c1-11(20)18-6-8-19(9-7-18)14-3-2-12(10-13(14)16)15(17)4-5-15/h2-3,10H,4-9,17H2,1H3. The van der Waals surface area contributed by atoms with Crippen LogP contribution in [0.25, 0.3) is 0 Å². The zero-order valence-electron chi connectivity index (χ0n) is 11.7. The molecule has 5 heteroatoms. The molecule has 108 valence electrons. The van der Waals surface area contributed by atoms with Crippen molar-refractivity contribution in [3.05, 3.63) is 29.6 Å². The molecule has 1 aromatic rings. The molecule has 1 heterocycles. The Morgan fingerprint density at radius 2 is 1.90 bits per heavy atom. The van der Waals surface area contributed by atoms with E-state index < -0.39 is 0 Å². The van der Waals surface area contributed by atoms with Crippen molar-refractivity contribution >= 4 is 11.6 Å². The SMILES string of the molecule is CC(=O)N1CCN(c2ccc(C3(N)CC3)cc2F)CC1. The van der Waals surface area contributed by atoms with E-state index in [4.69, 9.17) is 5.73 Å². The summed E-state index contributed by atoms with van der Waals surface area (Å²) in [5, 5.41) is 0. The van der Waals surface area contributed by atoms with E-state index >= 15 is 0 Å². The first-order valence-electron chi connectivity index (χ1n) is 7.09. The monoisotopic (exact) mass is 277 g/mol. The summed E-state index contributed by atoms with van der Waals surface area (Å²) in [6, 6.07) is 5.32. The maximum Gasteiger partial charge on any atom is 0.219 e. The summed E-state index contributed by atoms with van der Waals surface area (Å²) in [7, 11) is 0. The molecule has 0 bridgehead atoms. The number of anilines is 1. The van der Waals surface area contributed by atoms with Crippen LogP contribution in [-0.2, 0) is 10.3 Å². The van der Waals surface area contributed by atoms with Crippen LogP contribution >= 0.6 is 0 Å². The molecule has 0 radical (unpaired) electrons. The number of amides is 1. The van der Waals surface area contributed by atoms with Crippen LogP contribution in [0.4, 0.5) is 10.1 Å². The molecule has 20 heavy (non-hydrogen) atoms. The molecule has 2 N–H and O–H groups in total. The molecule has 0 spiro atoms. The van der Waals surface area contributed by atoms with Gasteiger partial charge < -0.3 is 15.5 Å². The minimum atomic E-state index is -0.299. The zero-order chi connectivity index (χ0) is 14.3. The quantitative estimate of drug-likeness (QED) is 0.890. The van der Waals surface area contributed by atoms with Crippen molar-refractivity contribution in [3.8, 4) is 0 Å². The third-order valence-electron chi connectivity index (χ3n) is 4.38. The van der Waals surface area contributed by atoms with Crippen LogP contribution in [-0.4, -0.2) is 37.0 Å². The highest BCUT2D eigenvalue weighted by Gasteiger charge is 2.40. The van der Waals surface area contributed by atoms with Crippen LogP contribution in [0.5, 0.6) is 0 Å². The lowest BCUT2D eigenvalue weighted by Crippen LogP contribution is -2.48. The van der Waals surface area contributed by atoms with E-state index in [2.05, 4.69) is 0 Å². The number of halogens is 1. The van der Waals surface area contributed by atoms with Gasteiger partial charge in [0.05, 0.1) is 5.69 Å². The predicted octanol–water partition coefficient (Wildman–Crippen LogP) is 1.44. The Labute approximate surface area is 118 Å². The third kappa shape index (κ3) is 2.38. The van der Waals surface area contributed by atoms with Crippen LogP contribution < -0.4 is 10.6 Å². The Kier molecular flexibility index (Phi) is 3.17. The van der Waals surface area contributed by atoms with E-state index in [1.165, 1.54) is 0 Å². The number of benzene rings is 1. The molecule has 1 amide bonds. The van der Waals surface area contributed by atoms with Gasteiger partial charge in [-0.2, -0.15) is 0 Å². The number of nitrogens with zero attached hydrogens (tertiary/aromatic N) is 2. The topological polar surface area (TPSA) is 49.6 Å². The fourth-order valence-electron chi connectivity index (χ4n) is 2.76. The molecule has 1 aromatic carbocycles. The normalized spacial score (nSPS) is 20.9. The van der Waals surface area contributed by atoms with Gasteiger partial charge in [-0.1, -0.05) is 6.07 Å². The lowest BCUT2D eigenvalue weighted by atomic mass is 10.0. The number of nitrogens with two attached hydrogens (primary N) is 1. The second-order valence-corrected chi connectivity index (χ2v) is 5.82. The van der Waals surface area contributed by atoms with Gasteiger partial charge in [0.1, 0.15) is 5.82 Å². The number of piperazine rings is 1. The predicted molar refractivity (Wildman–Crippen MR) is 76.0 cm³/mol. The molecule has 0 unspecified atom stereocenters. The van der Waals surface area contributed by atoms with Gasteiger partial charge in [-0.25, -0.2) is 4.39 Å². The molecular weight excluding hydrogens is 257 g/mol. The Morgan fingerprint density at radius 3 is 2.40 bits per heavy atom. The highest BCUT2D eigenvalue weighted by molar-refractivity contribution is 5.73. The van der Waals surface area contributed by atoms with Crippen LogP contribution in [0.15, 0.2) is 18.2 Å². The van der Waals surface area contributed by atoms with Crippen molar-refractivity contribution in [2.45, 2.75) is 25.3 Å². The summed E-state index contributed by atoms with van der Waals surface area (Å²) < 4.78 is 14.3. The summed E-state index contributed by atoms with van der Waals surface area (Å²) in [6.07, 6.45) is 1.87. The second-order valence-electron chi connectivity index (χ2n) is 5.82. The average Bonchev–Trinajstić information content (AvgIpc) is 3.18. The summed E-state index contributed by atoms with van der Waals surface area (Å²) in [5.74, 6) is -0.130. The van der Waals surface area contributed by atoms with Gasteiger partial charge in [0.25, 0.3) is 0 Å². The molecule has 4 nitrogen and oxygen atoms in total. The van der Waals surface area contributed by atoms with Gasteiger partial charge >= 0.3 is 0 Å². The Bertz CT molecular complexity index is 534. The molecule has 1 aliphatic heterocycles. The smallest absolute Gasteiger partial charge is 0.219 e. The fraction of sp³-hybridized carbons (Fsp3) is 0.533. The van der Waals surface area contributed by atoms with Crippen molar-refractivity contribution in [2.75, 3.05) is 31.1 Å². The number of carbonyl (C=O) groups excluding carboxylic acids is 1. The number of hydrogen-bond donors (Lipinski definition) is 1. The maximum absolute atomic E-state index is 14.3. The summed E-state index contributed by atoms with van der Waals surface area (Å²) >= 11 is 0. The second kappa shape index (κ2) is 4.74. The highest BCUT2D eigenvalue weighted by Crippen LogP contribution is 2.43. The summed E-state index contributed by atoms with van der Waals surface area (Å²) in [6.45, 7) is 4.21. The Hall–Kier alpha value is -1.62. The highest BCUT2D eigenvalue weighted by atomic mass is 19.1. The van der Waals surface area contributed by atoms with Crippen LogP contribution in [0.1, 0.15) is 25.3 Å². The lowest BCUT2D eigenvalue weighted by molar-refractivity contribution is -0.129. The number of rotatable bonds is 2. The number of carbonyl (C=O) groups is 1. The fourth-order valence-corrected chi connectivity index (χ4v) is 2.76. The van der Waals surface area contributed by atoms with Gasteiger partial charge in [-0.15, -0.1) is 0 Å². The van der Waals surface area contributed by atoms with E-state index in [9.17, 15) is 9.18 Å². The first-order valence-corrected chi connectivity index (χ1v) is 7.09. The van der Waals surface area contributed by atoms with Crippen molar-refractivity contribution in [2.24, 2.45) is 5.73 Å². The maximum atomic E-state index is 14.3. The summed E-state index contributed by atoms with van der Waals surface area (Å²) in [4.78, 5) is 15.1. The largest absolute Gasteiger partial charge is 0.366 e. The molecule has 1 saturated heterocycles. The molecule has 1 aliphatic carbocycles. The van der Waals surface area contributed by atoms with Gasteiger partial charge in [-0.05, 0) is 30.5 Å². The first-order chi connectivity index (χ1) is 9.49. The van der Waals surface area contributed by atoms with E-state index in [1.807, 2.05) is 17.0 Å². The summed E-state index contributed by atoms with van der Waals surface area (Å²) in [5.41, 5.74) is 7.30. The zero-order valence-corrected chi connectivity index (χ0v) is 11.7. The van der Waals surface area contributed by atoms with E-state index in [1.54, 1.807) is 17.9 Å². The minimum absolute atomic E-state index is 0.0827. The van der Waals surface area contributed by atoms with Gasteiger partial charge in [0.15, 0.2) is 0 Å². The van der Waals surface area contributed by atoms with Gasteiger partial charge in [-0.3, -0.25) is 4.79 Å². The van der Waals surface area contributed by atoms with Crippen LogP contribution in [0.2, 0.25) is 0 Å². The molecule has 0 atom stereocenters. The van der Waals surface area contributed by atoms with E-state index in [0.29, 0.717) is 31.9 Å². The van der Waals surface area contributed by atoms with Crippen LogP contribution in [0.3, 0.4) is 0 Å². The third-order valence-corrected chi connectivity index (χ3v) is 4.38. The molecule has 2 fully saturated rings. The van der Waals surface area contributed by atoms with Crippen molar-refractivity contribution < 1.29 is 9.18 Å². The molecule has 1 saturated carbocycles. The van der Waals surface area contributed by atoms with E-state index in [-0.39, 0.29) is 17.3 Å². The minimum Gasteiger partial charge on any atom is -0.366 e. The van der Waals surface area contributed by atoms with Gasteiger partial charge in [0, 0.05) is 38.6 Å². The number of hydrogen-bond acceptors (Lipinski definition) is 3. The molecule has 2 aliphatic rings. The van der Waals surface area contributed by atoms with Crippen molar-refractivity contribution in [1.82, 2.24) is 4.90 Å². The van der Waals surface area contributed by atoms with E-state index in [0.717, 1.165) is 18.4 Å². The average molecular weight is 277 g/mol. The first kappa shape index (κ1) is 13.4. The van der Waals surface area contributed by atoms with Crippen LogP contribution in [0, 0.1) is 5.82 Å². The Balaban J connectivity index is 1.73. The molecule has 3 rings (SSSR count).